The monoisotopic (exact) mass is 592 g/mol. The molecule has 40 heavy (non-hydrogen) atoms. The fourth-order valence-corrected chi connectivity index (χ4v) is 4.74. The number of hydrogen-bond acceptors (Lipinski definition) is 8. The lowest BCUT2D eigenvalue weighted by Crippen LogP contribution is -2.22. The van der Waals surface area contributed by atoms with E-state index in [4.69, 9.17) is 5.14 Å². The summed E-state index contributed by atoms with van der Waals surface area (Å²) in [5, 5.41) is 12.0. The molecule has 1 aromatic carbocycles. The number of carbonyl (C=O) groups excluding carboxylic acids is 1. The number of nitrogens with zero attached hydrogens (tertiary/aromatic N) is 4. The minimum atomic E-state index is -4.99. The van der Waals surface area contributed by atoms with E-state index in [9.17, 15) is 39.6 Å². The van der Waals surface area contributed by atoms with Crippen LogP contribution in [-0.4, -0.2) is 46.6 Å². The molecule has 2 aromatic heterocycles. The van der Waals surface area contributed by atoms with Crippen LogP contribution < -0.4 is 10.5 Å². The predicted octanol–water partition coefficient (Wildman–Crippen LogP) is 3.79. The van der Waals surface area contributed by atoms with Gasteiger partial charge in [0, 0.05) is 18.4 Å². The molecule has 0 radical (unpaired) electrons. The number of anilines is 1. The number of carbonyl (C=O) groups is 1. The Labute approximate surface area is 223 Å². The number of ketones is 1. The van der Waals surface area contributed by atoms with Gasteiger partial charge in [0.15, 0.2) is 0 Å². The largest absolute Gasteiger partial charge is 0.416 e. The molecule has 0 aliphatic heterocycles. The first-order valence-electron chi connectivity index (χ1n) is 11.7. The molecule has 17 heteroatoms. The van der Waals surface area contributed by atoms with Gasteiger partial charge < -0.3 is 5.32 Å². The second kappa shape index (κ2) is 11.1. The van der Waals surface area contributed by atoms with Gasteiger partial charge in [-0.1, -0.05) is 0 Å². The predicted molar refractivity (Wildman–Crippen MR) is 127 cm³/mol. The Morgan fingerprint density at radius 1 is 1.10 bits per heavy atom. The zero-order valence-corrected chi connectivity index (χ0v) is 21.2. The van der Waals surface area contributed by atoms with Gasteiger partial charge in [0.05, 0.1) is 29.8 Å². The first kappa shape index (κ1) is 29.4. The van der Waals surface area contributed by atoms with E-state index in [0.29, 0.717) is 31.4 Å². The van der Waals surface area contributed by atoms with Crippen molar-refractivity contribution in [2.45, 2.75) is 44.2 Å². The third-order valence-corrected chi connectivity index (χ3v) is 6.64. The Morgan fingerprint density at radius 3 is 2.40 bits per heavy atom. The quantitative estimate of drug-likeness (QED) is 0.282. The van der Waals surface area contributed by atoms with Crippen molar-refractivity contribution in [2.75, 3.05) is 11.9 Å². The van der Waals surface area contributed by atoms with Crippen molar-refractivity contribution in [3.05, 3.63) is 70.9 Å². The molecule has 1 aliphatic rings. The van der Waals surface area contributed by atoms with Crippen LogP contribution in [0, 0.1) is 5.92 Å². The highest BCUT2D eigenvalue weighted by Crippen LogP contribution is 2.36. The van der Waals surface area contributed by atoms with Gasteiger partial charge in [0.1, 0.15) is 17.8 Å². The minimum absolute atomic E-state index is 0.0329. The number of rotatable bonds is 9. The molecule has 10 nitrogen and oxygen atoms in total. The maximum Gasteiger partial charge on any atom is 0.416 e. The van der Waals surface area contributed by atoms with E-state index in [-0.39, 0.29) is 47.3 Å². The fraction of sp³-hybridized carbons (Fsp3) is 0.391. The lowest BCUT2D eigenvalue weighted by Gasteiger charge is -2.15. The standard InChI is InChI=1S/C23H22F6N6O4S/c24-22(25,26)15-5-14(6-16(8-15)23(27,28)29)10-35-4-3-19(34-35)20(36)18-9-31-12-32-21(18)33-17-2-1-13(7-17)11-39-40(30,37)38/h3-6,8-9,12-13,17H,1-2,7,10-11H2,(H2,30,37,38)(H,31,32,33). The lowest BCUT2D eigenvalue weighted by molar-refractivity contribution is -0.143. The van der Waals surface area contributed by atoms with Crippen LogP contribution in [-0.2, 0) is 33.4 Å². The second-order valence-corrected chi connectivity index (χ2v) is 10.4. The Bertz CT molecular complexity index is 1460. The molecular weight excluding hydrogens is 570 g/mol. The molecule has 1 aliphatic carbocycles. The molecule has 0 amide bonds. The zero-order chi connectivity index (χ0) is 29.3. The molecule has 0 bridgehead atoms. The third-order valence-electron chi connectivity index (χ3n) is 6.17. The number of aromatic nitrogens is 4. The number of benzene rings is 1. The number of hydrogen-bond donors (Lipinski definition) is 2. The summed E-state index contributed by atoms with van der Waals surface area (Å²) in [6.07, 6.45) is -4.50. The number of alkyl halides is 6. The van der Waals surface area contributed by atoms with Crippen molar-refractivity contribution < 1.29 is 43.7 Å². The second-order valence-electron chi connectivity index (χ2n) is 9.22. The van der Waals surface area contributed by atoms with Crippen LogP contribution in [0.1, 0.15) is 52.0 Å². The van der Waals surface area contributed by atoms with Crippen molar-refractivity contribution in [3.63, 3.8) is 0 Å². The summed E-state index contributed by atoms with van der Waals surface area (Å²) in [6, 6.07) is 2.32. The molecule has 2 atom stereocenters. The van der Waals surface area contributed by atoms with Crippen LogP contribution in [0.15, 0.2) is 43.0 Å². The molecule has 1 fully saturated rings. The van der Waals surface area contributed by atoms with E-state index in [1.54, 1.807) is 0 Å². The molecule has 2 unspecified atom stereocenters. The van der Waals surface area contributed by atoms with Crippen LogP contribution in [0.3, 0.4) is 0 Å². The van der Waals surface area contributed by atoms with Crippen LogP contribution in [0.25, 0.3) is 0 Å². The summed E-state index contributed by atoms with van der Waals surface area (Å²) >= 11 is 0. The van der Waals surface area contributed by atoms with Gasteiger partial charge in [-0.3, -0.25) is 13.7 Å². The molecule has 3 aromatic rings. The number of nitrogens with one attached hydrogen (secondary N) is 1. The highest BCUT2D eigenvalue weighted by atomic mass is 32.2. The van der Waals surface area contributed by atoms with Crippen LogP contribution in [0.5, 0.6) is 0 Å². The highest BCUT2D eigenvalue weighted by Gasteiger charge is 2.37. The summed E-state index contributed by atoms with van der Waals surface area (Å²) in [6.45, 7) is -0.541. The van der Waals surface area contributed by atoms with Crippen molar-refractivity contribution in [1.82, 2.24) is 19.7 Å². The Kier molecular flexibility index (Phi) is 8.18. The fourth-order valence-electron chi connectivity index (χ4n) is 4.36. The Morgan fingerprint density at radius 2 is 1.77 bits per heavy atom. The number of halogens is 6. The minimum Gasteiger partial charge on any atom is -0.367 e. The first-order chi connectivity index (χ1) is 18.6. The first-order valence-corrected chi connectivity index (χ1v) is 13.2. The lowest BCUT2D eigenvalue weighted by atomic mass is 10.0. The molecule has 3 N–H and O–H groups in total. The smallest absolute Gasteiger partial charge is 0.367 e. The molecule has 2 heterocycles. The average Bonchev–Trinajstić information content (AvgIpc) is 3.50. The molecule has 1 saturated carbocycles. The topological polar surface area (TPSA) is 142 Å². The zero-order valence-electron chi connectivity index (χ0n) is 20.4. The highest BCUT2D eigenvalue weighted by molar-refractivity contribution is 7.84. The Balaban J connectivity index is 1.49. The van der Waals surface area contributed by atoms with Gasteiger partial charge in [-0.2, -0.15) is 39.9 Å². The van der Waals surface area contributed by atoms with E-state index in [2.05, 4.69) is 24.6 Å². The average molecular weight is 593 g/mol. The van der Waals surface area contributed by atoms with Gasteiger partial charge in [-0.25, -0.2) is 15.1 Å². The maximum absolute atomic E-state index is 13.2. The molecule has 0 saturated heterocycles. The summed E-state index contributed by atoms with van der Waals surface area (Å²) in [7, 11) is -4.07. The van der Waals surface area contributed by atoms with Gasteiger partial charge in [0.2, 0.25) is 5.78 Å². The van der Waals surface area contributed by atoms with Crippen LogP contribution >= 0.6 is 0 Å². The van der Waals surface area contributed by atoms with Crippen LogP contribution in [0.4, 0.5) is 32.2 Å². The van der Waals surface area contributed by atoms with Crippen LogP contribution in [0.2, 0.25) is 0 Å². The third kappa shape index (κ3) is 7.54. The van der Waals surface area contributed by atoms with Crippen molar-refractivity contribution in [2.24, 2.45) is 11.1 Å². The van der Waals surface area contributed by atoms with Crippen molar-refractivity contribution in [3.8, 4) is 0 Å². The van der Waals surface area contributed by atoms with Gasteiger partial charge >= 0.3 is 22.7 Å². The van der Waals surface area contributed by atoms with E-state index >= 15 is 0 Å². The van der Waals surface area contributed by atoms with E-state index in [1.165, 1.54) is 24.8 Å². The Hall–Kier alpha value is -3.57. The molecular formula is C23H22F6N6O4S. The maximum atomic E-state index is 13.2. The van der Waals surface area contributed by atoms with Gasteiger partial charge in [-0.15, -0.1) is 0 Å². The summed E-state index contributed by atoms with van der Waals surface area (Å²) in [4.78, 5) is 21.1. The number of nitrogens with two attached hydrogens (primary N) is 1. The summed E-state index contributed by atoms with van der Waals surface area (Å²) in [5.74, 6) is -0.546. The molecule has 0 spiro atoms. The van der Waals surface area contributed by atoms with E-state index in [0.717, 1.165) is 4.68 Å². The SMILES string of the molecule is NS(=O)(=O)OCC1CCC(Nc2ncncc2C(=O)c2ccn(Cc3cc(C(F)(F)F)cc(C(F)(F)F)c3)n2)C1. The summed E-state index contributed by atoms with van der Waals surface area (Å²) in [5.41, 5.74) is -3.31. The van der Waals surface area contributed by atoms with Gasteiger partial charge in [0.25, 0.3) is 0 Å². The van der Waals surface area contributed by atoms with Crippen molar-refractivity contribution >= 4 is 21.9 Å². The van der Waals surface area contributed by atoms with Gasteiger partial charge in [-0.05, 0) is 55.0 Å². The van der Waals surface area contributed by atoms with E-state index in [1.807, 2.05) is 0 Å². The van der Waals surface area contributed by atoms with E-state index < -0.39 is 46.1 Å². The summed E-state index contributed by atoms with van der Waals surface area (Å²) < 4.78 is 107. The molecule has 216 valence electrons. The molecule has 4 rings (SSSR count). The normalized spacial score (nSPS) is 18.2. The van der Waals surface area contributed by atoms with Crippen molar-refractivity contribution in [1.29, 1.82) is 0 Å².